The van der Waals surface area contributed by atoms with Gasteiger partial charge in [-0.3, -0.25) is 10.00 Å². The molecule has 7 nitrogen and oxygen atoms in total. The van der Waals surface area contributed by atoms with Crippen molar-refractivity contribution in [3.05, 3.63) is 35.4 Å². The molecule has 2 aromatic rings. The summed E-state index contributed by atoms with van der Waals surface area (Å²) in [5.41, 5.74) is 1.20. The largest absolute Gasteiger partial charge is 0.493 e. The third-order valence-electron chi connectivity index (χ3n) is 4.78. The summed E-state index contributed by atoms with van der Waals surface area (Å²) in [4.78, 5) is 6.97. The summed E-state index contributed by atoms with van der Waals surface area (Å²) in [6.45, 7) is 7.96. The standard InChI is InChI=1S/C19H28N4O3/c1-5-26-17-7-6-14(8-18(17)25-4)9-23-10-15(12-24-3)16(11-23)19-20-13(2)21-22-19/h6-8,15-16H,5,9-12H2,1-4H3,(H,20,21,22)/t15-,16+/m0/s1. The molecule has 0 saturated carbocycles. The average Bonchev–Trinajstić information content (AvgIpc) is 3.23. The van der Waals surface area contributed by atoms with Crippen molar-refractivity contribution in [2.24, 2.45) is 5.92 Å². The number of methoxy groups -OCH3 is 2. The van der Waals surface area contributed by atoms with E-state index >= 15 is 0 Å². The quantitative estimate of drug-likeness (QED) is 0.779. The van der Waals surface area contributed by atoms with E-state index in [2.05, 4.69) is 32.2 Å². The maximum atomic E-state index is 5.60. The van der Waals surface area contributed by atoms with Gasteiger partial charge < -0.3 is 14.2 Å². The van der Waals surface area contributed by atoms with Crippen LogP contribution in [-0.2, 0) is 11.3 Å². The van der Waals surface area contributed by atoms with Crippen LogP contribution in [0.5, 0.6) is 11.5 Å². The summed E-state index contributed by atoms with van der Waals surface area (Å²) in [7, 11) is 3.42. The first-order valence-corrected chi connectivity index (χ1v) is 9.04. The third kappa shape index (κ3) is 4.16. The van der Waals surface area contributed by atoms with E-state index in [1.165, 1.54) is 5.56 Å². The fourth-order valence-corrected chi connectivity index (χ4v) is 3.63. The summed E-state index contributed by atoms with van der Waals surface area (Å²) in [5.74, 6) is 3.97. The van der Waals surface area contributed by atoms with Gasteiger partial charge in [0.2, 0.25) is 0 Å². The highest BCUT2D eigenvalue weighted by atomic mass is 16.5. The maximum absolute atomic E-state index is 5.60. The first kappa shape index (κ1) is 18.7. The molecule has 0 unspecified atom stereocenters. The Balaban J connectivity index is 1.72. The first-order valence-electron chi connectivity index (χ1n) is 9.04. The molecule has 2 atom stereocenters. The minimum Gasteiger partial charge on any atom is -0.493 e. The Morgan fingerprint density at radius 1 is 1.23 bits per heavy atom. The molecule has 2 heterocycles. The lowest BCUT2D eigenvalue weighted by Crippen LogP contribution is -2.21. The average molecular weight is 360 g/mol. The number of nitrogens with one attached hydrogen (secondary N) is 1. The molecule has 1 aromatic heterocycles. The van der Waals surface area contributed by atoms with Crippen LogP contribution in [0.1, 0.15) is 30.1 Å². The number of aromatic nitrogens is 3. The van der Waals surface area contributed by atoms with Gasteiger partial charge in [-0.05, 0) is 31.5 Å². The predicted octanol–water partition coefficient (Wildman–Crippen LogP) is 2.38. The molecule has 0 amide bonds. The van der Waals surface area contributed by atoms with Crippen LogP contribution >= 0.6 is 0 Å². The van der Waals surface area contributed by atoms with Crippen LogP contribution in [-0.4, -0.2) is 60.6 Å². The van der Waals surface area contributed by atoms with E-state index in [4.69, 9.17) is 14.2 Å². The third-order valence-corrected chi connectivity index (χ3v) is 4.78. The smallest absolute Gasteiger partial charge is 0.161 e. The highest BCUT2D eigenvalue weighted by molar-refractivity contribution is 5.43. The zero-order valence-corrected chi connectivity index (χ0v) is 16.0. The number of hydrogen-bond donors (Lipinski definition) is 1. The Hall–Kier alpha value is -2.12. The Bertz CT molecular complexity index is 719. The van der Waals surface area contributed by atoms with Crippen molar-refractivity contribution in [2.75, 3.05) is 40.5 Å². The normalized spacial score (nSPS) is 20.5. The summed E-state index contributed by atoms with van der Waals surface area (Å²) < 4.78 is 16.5. The molecule has 1 aromatic carbocycles. The van der Waals surface area contributed by atoms with Crippen LogP contribution in [0.2, 0.25) is 0 Å². The predicted molar refractivity (Wildman–Crippen MR) is 98.7 cm³/mol. The van der Waals surface area contributed by atoms with Gasteiger partial charge in [0.15, 0.2) is 17.3 Å². The van der Waals surface area contributed by atoms with Gasteiger partial charge in [0.25, 0.3) is 0 Å². The topological polar surface area (TPSA) is 72.5 Å². The fourth-order valence-electron chi connectivity index (χ4n) is 3.63. The maximum Gasteiger partial charge on any atom is 0.161 e. The van der Waals surface area contributed by atoms with E-state index in [0.29, 0.717) is 19.1 Å². The number of benzene rings is 1. The Morgan fingerprint density at radius 3 is 2.73 bits per heavy atom. The fraction of sp³-hybridized carbons (Fsp3) is 0.579. The van der Waals surface area contributed by atoms with E-state index in [1.807, 2.05) is 19.9 Å². The van der Waals surface area contributed by atoms with Crippen molar-refractivity contribution >= 4 is 0 Å². The van der Waals surface area contributed by atoms with Crippen LogP contribution in [0.4, 0.5) is 0 Å². The Morgan fingerprint density at radius 2 is 2.08 bits per heavy atom. The van der Waals surface area contributed by atoms with E-state index in [9.17, 15) is 0 Å². The van der Waals surface area contributed by atoms with Crippen LogP contribution < -0.4 is 9.47 Å². The molecule has 0 radical (unpaired) electrons. The molecule has 7 heteroatoms. The van der Waals surface area contributed by atoms with Crippen molar-refractivity contribution in [3.8, 4) is 11.5 Å². The molecule has 1 saturated heterocycles. The number of rotatable bonds is 8. The molecule has 0 spiro atoms. The molecule has 3 rings (SSSR count). The number of hydrogen-bond acceptors (Lipinski definition) is 6. The van der Waals surface area contributed by atoms with Gasteiger partial charge in [0.1, 0.15) is 5.82 Å². The monoisotopic (exact) mass is 360 g/mol. The zero-order chi connectivity index (χ0) is 18.5. The van der Waals surface area contributed by atoms with Gasteiger partial charge in [-0.15, -0.1) is 0 Å². The van der Waals surface area contributed by atoms with Gasteiger partial charge in [-0.25, -0.2) is 4.98 Å². The van der Waals surface area contributed by atoms with E-state index in [0.717, 1.165) is 42.8 Å². The highest BCUT2D eigenvalue weighted by Gasteiger charge is 2.36. The molecule has 1 aliphatic heterocycles. The molecule has 1 fully saturated rings. The van der Waals surface area contributed by atoms with Crippen molar-refractivity contribution in [3.63, 3.8) is 0 Å². The van der Waals surface area contributed by atoms with Crippen LogP contribution in [0, 0.1) is 12.8 Å². The van der Waals surface area contributed by atoms with Crippen LogP contribution in [0.25, 0.3) is 0 Å². The molecule has 1 N–H and O–H groups in total. The van der Waals surface area contributed by atoms with Gasteiger partial charge in [-0.2, -0.15) is 5.10 Å². The highest BCUT2D eigenvalue weighted by Crippen LogP contribution is 2.33. The van der Waals surface area contributed by atoms with E-state index < -0.39 is 0 Å². The molecular weight excluding hydrogens is 332 g/mol. The van der Waals surface area contributed by atoms with Crippen molar-refractivity contribution in [1.82, 2.24) is 20.1 Å². The molecule has 142 valence electrons. The number of nitrogens with zero attached hydrogens (tertiary/aromatic N) is 3. The van der Waals surface area contributed by atoms with Crippen LogP contribution in [0.3, 0.4) is 0 Å². The summed E-state index contributed by atoms with van der Waals surface area (Å²) in [5, 5.41) is 7.33. The Kier molecular flexibility index (Phi) is 6.11. The molecule has 26 heavy (non-hydrogen) atoms. The van der Waals surface area contributed by atoms with Crippen LogP contribution in [0.15, 0.2) is 18.2 Å². The van der Waals surface area contributed by atoms with Gasteiger partial charge in [0.05, 0.1) is 20.3 Å². The second-order valence-corrected chi connectivity index (χ2v) is 6.71. The second kappa shape index (κ2) is 8.51. The molecule has 0 aliphatic carbocycles. The van der Waals surface area contributed by atoms with Crippen molar-refractivity contribution < 1.29 is 14.2 Å². The molecule has 0 bridgehead atoms. The number of likely N-dealkylation sites (tertiary alicyclic amines) is 1. The lowest BCUT2D eigenvalue weighted by atomic mass is 9.96. The number of H-pyrrole nitrogens is 1. The number of aromatic amines is 1. The lowest BCUT2D eigenvalue weighted by molar-refractivity contribution is 0.146. The minimum atomic E-state index is 0.282. The number of ether oxygens (including phenoxy) is 3. The zero-order valence-electron chi connectivity index (χ0n) is 16.0. The van der Waals surface area contributed by atoms with E-state index in [-0.39, 0.29) is 5.92 Å². The van der Waals surface area contributed by atoms with Gasteiger partial charge in [-0.1, -0.05) is 6.07 Å². The Labute approximate surface area is 154 Å². The van der Waals surface area contributed by atoms with Gasteiger partial charge >= 0.3 is 0 Å². The number of aryl methyl sites for hydroxylation is 1. The summed E-state index contributed by atoms with van der Waals surface area (Å²) >= 11 is 0. The molecule has 1 aliphatic rings. The van der Waals surface area contributed by atoms with Crippen molar-refractivity contribution in [2.45, 2.75) is 26.3 Å². The SMILES string of the molecule is CCOc1ccc(CN2C[C@@H](COC)[C@H](c3n[nH]c(C)n3)C2)cc1OC. The minimum absolute atomic E-state index is 0.282. The second-order valence-electron chi connectivity index (χ2n) is 6.71. The lowest BCUT2D eigenvalue weighted by Gasteiger charge is -2.17. The molecular formula is C19H28N4O3. The first-order chi connectivity index (χ1) is 12.6. The summed E-state index contributed by atoms with van der Waals surface area (Å²) in [6.07, 6.45) is 0. The van der Waals surface area contributed by atoms with Gasteiger partial charge in [0, 0.05) is 38.6 Å². The van der Waals surface area contributed by atoms with E-state index in [1.54, 1.807) is 14.2 Å². The summed E-state index contributed by atoms with van der Waals surface area (Å²) in [6, 6.07) is 6.14. The van der Waals surface area contributed by atoms with Crippen molar-refractivity contribution in [1.29, 1.82) is 0 Å².